The zero-order valence-corrected chi connectivity index (χ0v) is 12.6. The minimum atomic E-state index is -0.000365. The number of anilines is 1. The van der Waals surface area contributed by atoms with Crippen molar-refractivity contribution < 1.29 is 4.79 Å². The molecule has 0 atom stereocenters. The summed E-state index contributed by atoms with van der Waals surface area (Å²) in [6.07, 6.45) is 0.395. The van der Waals surface area contributed by atoms with Gasteiger partial charge in [-0.25, -0.2) is 0 Å². The Balaban J connectivity index is 2.01. The van der Waals surface area contributed by atoms with Gasteiger partial charge >= 0.3 is 0 Å². The van der Waals surface area contributed by atoms with Crippen LogP contribution < -0.4 is 5.32 Å². The van der Waals surface area contributed by atoms with Gasteiger partial charge in [-0.1, -0.05) is 51.8 Å². The van der Waals surface area contributed by atoms with Gasteiger partial charge in [0.1, 0.15) is 0 Å². The smallest absolute Gasteiger partial charge is 0.228 e. The topological polar surface area (TPSA) is 29.1 Å². The second-order valence-electron chi connectivity index (χ2n) is 4.67. The average Bonchev–Trinajstić information content (AvgIpc) is 2.37. The van der Waals surface area contributed by atoms with E-state index in [1.807, 2.05) is 56.3 Å². The van der Waals surface area contributed by atoms with Crippen LogP contribution in [0, 0.1) is 13.8 Å². The molecule has 1 amide bonds. The quantitative estimate of drug-likeness (QED) is 0.901. The van der Waals surface area contributed by atoms with Crippen LogP contribution in [-0.2, 0) is 11.2 Å². The van der Waals surface area contributed by atoms with E-state index in [1.54, 1.807) is 0 Å². The number of carbonyl (C=O) groups is 1. The normalized spacial score (nSPS) is 10.3. The Morgan fingerprint density at radius 2 is 1.79 bits per heavy atom. The molecule has 3 heteroatoms. The van der Waals surface area contributed by atoms with Crippen LogP contribution in [0.25, 0.3) is 0 Å². The van der Waals surface area contributed by atoms with Crippen molar-refractivity contribution in [1.82, 2.24) is 0 Å². The highest BCUT2D eigenvalue weighted by atomic mass is 79.9. The van der Waals surface area contributed by atoms with Crippen molar-refractivity contribution in [2.24, 2.45) is 0 Å². The van der Waals surface area contributed by atoms with Crippen LogP contribution in [0.15, 0.2) is 46.9 Å². The highest BCUT2D eigenvalue weighted by Crippen LogP contribution is 2.20. The molecule has 2 aromatic carbocycles. The summed E-state index contributed by atoms with van der Waals surface area (Å²) in [7, 11) is 0. The van der Waals surface area contributed by atoms with Gasteiger partial charge in [-0.15, -0.1) is 0 Å². The summed E-state index contributed by atoms with van der Waals surface area (Å²) in [6.45, 7) is 4.05. The molecule has 1 N–H and O–H groups in total. The Morgan fingerprint density at radius 3 is 2.42 bits per heavy atom. The zero-order chi connectivity index (χ0) is 13.8. The van der Waals surface area contributed by atoms with Crippen molar-refractivity contribution >= 4 is 27.5 Å². The Hall–Kier alpha value is -1.61. The zero-order valence-electron chi connectivity index (χ0n) is 11.0. The average molecular weight is 318 g/mol. The van der Waals surface area contributed by atoms with Crippen molar-refractivity contribution in [3.05, 3.63) is 63.6 Å². The molecule has 0 unspecified atom stereocenters. The molecule has 2 aromatic rings. The molecule has 0 spiro atoms. The van der Waals surface area contributed by atoms with Gasteiger partial charge in [-0.05, 0) is 37.1 Å². The first-order chi connectivity index (χ1) is 9.04. The summed E-state index contributed by atoms with van der Waals surface area (Å²) in [5.41, 5.74) is 4.19. The molecular weight excluding hydrogens is 302 g/mol. The van der Waals surface area contributed by atoms with E-state index >= 15 is 0 Å². The molecule has 2 nitrogen and oxygen atoms in total. The van der Waals surface area contributed by atoms with Gasteiger partial charge in [0.05, 0.1) is 6.42 Å². The fourth-order valence-electron chi connectivity index (χ4n) is 1.77. The van der Waals surface area contributed by atoms with E-state index in [1.165, 1.54) is 5.56 Å². The number of rotatable bonds is 3. The number of benzene rings is 2. The van der Waals surface area contributed by atoms with Crippen LogP contribution in [0.5, 0.6) is 0 Å². The predicted molar refractivity (Wildman–Crippen MR) is 82.4 cm³/mol. The minimum Gasteiger partial charge on any atom is -0.326 e. The number of aryl methyl sites for hydroxylation is 2. The molecule has 2 rings (SSSR count). The molecule has 0 saturated carbocycles. The largest absolute Gasteiger partial charge is 0.326 e. The lowest BCUT2D eigenvalue weighted by molar-refractivity contribution is -0.115. The lowest BCUT2D eigenvalue weighted by Crippen LogP contribution is -2.14. The van der Waals surface area contributed by atoms with Crippen LogP contribution in [0.4, 0.5) is 5.69 Å². The molecule has 0 bridgehead atoms. The van der Waals surface area contributed by atoms with Gasteiger partial charge in [0.15, 0.2) is 0 Å². The minimum absolute atomic E-state index is 0.000365. The third-order valence-electron chi connectivity index (χ3n) is 2.94. The number of halogens is 1. The van der Waals surface area contributed by atoms with Crippen LogP contribution in [0.3, 0.4) is 0 Å². The van der Waals surface area contributed by atoms with Gasteiger partial charge in [-0.2, -0.15) is 0 Å². The Bertz CT molecular complexity index is 590. The fourth-order valence-corrected chi connectivity index (χ4v) is 2.15. The Morgan fingerprint density at radius 1 is 1.11 bits per heavy atom. The van der Waals surface area contributed by atoms with E-state index in [9.17, 15) is 4.79 Å². The number of amides is 1. The molecule has 98 valence electrons. The van der Waals surface area contributed by atoms with E-state index in [2.05, 4.69) is 21.2 Å². The Labute approximate surface area is 122 Å². The van der Waals surface area contributed by atoms with Crippen molar-refractivity contribution in [2.45, 2.75) is 20.3 Å². The van der Waals surface area contributed by atoms with Crippen LogP contribution in [0.2, 0.25) is 0 Å². The second-order valence-corrected chi connectivity index (χ2v) is 5.53. The van der Waals surface area contributed by atoms with Crippen LogP contribution >= 0.6 is 15.9 Å². The van der Waals surface area contributed by atoms with E-state index < -0.39 is 0 Å². The van der Waals surface area contributed by atoms with Crippen molar-refractivity contribution in [1.29, 1.82) is 0 Å². The molecule has 0 aliphatic carbocycles. The van der Waals surface area contributed by atoms with Crippen LogP contribution in [-0.4, -0.2) is 5.91 Å². The van der Waals surface area contributed by atoms with Gasteiger partial charge < -0.3 is 5.32 Å². The molecule has 0 fully saturated rings. The Kier molecular flexibility index (Phi) is 4.38. The summed E-state index contributed by atoms with van der Waals surface area (Å²) in [6, 6.07) is 13.8. The highest BCUT2D eigenvalue weighted by molar-refractivity contribution is 9.10. The van der Waals surface area contributed by atoms with E-state index in [0.717, 1.165) is 21.3 Å². The number of nitrogens with one attached hydrogen (secondary N) is 1. The third-order valence-corrected chi connectivity index (χ3v) is 3.80. The van der Waals surface area contributed by atoms with Gasteiger partial charge in [-0.3, -0.25) is 4.79 Å². The molecule has 19 heavy (non-hydrogen) atoms. The number of hydrogen-bond acceptors (Lipinski definition) is 1. The van der Waals surface area contributed by atoms with Crippen molar-refractivity contribution in [2.75, 3.05) is 5.32 Å². The van der Waals surface area contributed by atoms with Crippen molar-refractivity contribution in [3.8, 4) is 0 Å². The predicted octanol–water partition coefficient (Wildman–Crippen LogP) is 4.25. The van der Waals surface area contributed by atoms with E-state index in [4.69, 9.17) is 0 Å². The standard InChI is InChI=1S/C16H16BrNO/c1-11-3-6-13(7-4-11)9-16(19)18-14-8-5-12(2)15(17)10-14/h3-8,10H,9H2,1-2H3,(H,18,19). The fraction of sp³-hybridized carbons (Fsp3) is 0.188. The van der Waals surface area contributed by atoms with Gasteiger partial charge in [0.2, 0.25) is 5.91 Å². The molecule has 0 saturated heterocycles. The monoisotopic (exact) mass is 317 g/mol. The maximum absolute atomic E-state index is 11.9. The molecule has 0 heterocycles. The maximum Gasteiger partial charge on any atom is 0.228 e. The molecule has 0 aliphatic heterocycles. The highest BCUT2D eigenvalue weighted by Gasteiger charge is 2.05. The first kappa shape index (κ1) is 13.8. The summed E-state index contributed by atoms with van der Waals surface area (Å²) in [4.78, 5) is 11.9. The summed E-state index contributed by atoms with van der Waals surface area (Å²) in [5, 5.41) is 2.90. The van der Waals surface area contributed by atoms with E-state index in [0.29, 0.717) is 6.42 Å². The van der Waals surface area contributed by atoms with Crippen LogP contribution in [0.1, 0.15) is 16.7 Å². The SMILES string of the molecule is Cc1ccc(CC(=O)Nc2ccc(C)c(Br)c2)cc1. The maximum atomic E-state index is 11.9. The lowest BCUT2D eigenvalue weighted by Gasteiger charge is -2.07. The first-order valence-electron chi connectivity index (χ1n) is 6.16. The summed E-state index contributed by atoms with van der Waals surface area (Å²) >= 11 is 3.46. The molecule has 0 radical (unpaired) electrons. The first-order valence-corrected chi connectivity index (χ1v) is 6.95. The molecular formula is C16H16BrNO. The van der Waals surface area contributed by atoms with Gasteiger partial charge in [0, 0.05) is 10.2 Å². The molecule has 0 aromatic heterocycles. The second kappa shape index (κ2) is 6.02. The molecule has 0 aliphatic rings. The number of hydrogen-bond donors (Lipinski definition) is 1. The van der Waals surface area contributed by atoms with Crippen molar-refractivity contribution in [3.63, 3.8) is 0 Å². The van der Waals surface area contributed by atoms with Gasteiger partial charge in [0.25, 0.3) is 0 Å². The number of carbonyl (C=O) groups excluding carboxylic acids is 1. The summed E-state index contributed by atoms with van der Waals surface area (Å²) < 4.78 is 1.00. The van der Waals surface area contributed by atoms with E-state index in [-0.39, 0.29) is 5.91 Å². The summed E-state index contributed by atoms with van der Waals surface area (Å²) in [5.74, 6) is -0.000365. The third kappa shape index (κ3) is 3.93. The lowest BCUT2D eigenvalue weighted by atomic mass is 10.1.